The molecule has 0 saturated carbocycles. The standard InChI is InChI=1S/C10H14N2.2C2H6/c1-4-9-6-8(3)7-12-10(9)11-5-2;2*1-2/h4,6-7H,1,5H2,2-3H3,(H,11,12);2*1-2H3. The van der Waals surface area contributed by atoms with Gasteiger partial charge in [0.15, 0.2) is 0 Å². The lowest BCUT2D eigenvalue weighted by Crippen LogP contribution is -2.01. The number of anilines is 1. The SMILES string of the molecule is C=Cc1cc(C)cnc1NCC.CC.CC. The first-order chi connectivity index (χ1) is 7.77. The average Bonchev–Trinajstić information content (AvgIpc) is 2.36. The zero-order valence-electron chi connectivity index (χ0n) is 11.6. The summed E-state index contributed by atoms with van der Waals surface area (Å²) >= 11 is 0. The van der Waals surface area contributed by atoms with Crippen molar-refractivity contribution in [2.75, 3.05) is 11.9 Å². The molecule has 0 radical (unpaired) electrons. The Balaban J connectivity index is 0. The molecule has 0 atom stereocenters. The molecule has 0 fully saturated rings. The Hall–Kier alpha value is -1.31. The Kier molecular flexibility index (Phi) is 12.6. The number of hydrogen-bond donors (Lipinski definition) is 1. The van der Waals surface area contributed by atoms with Crippen molar-refractivity contribution < 1.29 is 0 Å². The summed E-state index contributed by atoms with van der Waals surface area (Å²) in [4.78, 5) is 4.26. The number of aryl methyl sites for hydroxylation is 1. The first kappa shape index (κ1) is 17.1. The van der Waals surface area contributed by atoms with E-state index in [1.807, 2.05) is 46.9 Å². The lowest BCUT2D eigenvalue weighted by Gasteiger charge is -2.06. The smallest absolute Gasteiger partial charge is 0.133 e. The van der Waals surface area contributed by atoms with Crippen LogP contribution in [-0.4, -0.2) is 11.5 Å². The third-order valence-corrected chi connectivity index (χ3v) is 1.62. The number of rotatable bonds is 3. The van der Waals surface area contributed by atoms with Crippen LogP contribution in [0.25, 0.3) is 6.08 Å². The van der Waals surface area contributed by atoms with Crippen molar-refractivity contribution in [1.82, 2.24) is 4.98 Å². The summed E-state index contributed by atoms with van der Waals surface area (Å²) in [5.41, 5.74) is 2.23. The van der Waals surface area contributed by atoms with Crippen LogP contribution in [0.5, 0.6) is 0 Å². The Morgan fingerprint density at radius 2 is 1.88 bits per heavy atom. The van der Waals surface area contributed by atoms with Crippen LogP contribution in [0.1, 0.15) is 45.7 Å². The van der Waals surface area contributed by atoms with E-state index in [1.54, 1.807) is 0 Å². The van der Waals surface area contributed by atoms with Crippen molar-refractivity contribution in [3.63, 3.8) is 0 Å². The molecule has 0 amide bonds. The summed E-state index contributed by atoms with van der Waals surface area (Å²) in [6, 6.07) is 2.07. The maximum Gasteiger partial charge on any atom is 0.133 e. The van der Waals surface area contributed by atoms with Gasteiger partial charge in [-0.15, -0.1) is 0 Å². The van der Waals surface area contributed by atoms with E-state index >= 15 is 0 Å². The molecule has 0 spiro atoms. The zero-order valence-corrected chi connectivity index (χ0v) is 11.6. The summed E-state index contributed by atoms with van der Waals surface area (Å²) < 4.78 is 0. The summed E-state index contributed by atoms with van der Waals surface area (Å²) in [7, 11) is 0. The Bertz CT molecular complexity index is 280. The van der Waals surface area contributed by atoms with Crippen molar-refractivity contribution >= 4 is 11.9 Å². The molecule has 1 rings (SSSR count). The van der Waals surface area contributed by atoms with Gasteiger partial charge in [-0.1, -0.05) is 40.3 Å². The summed E-state index contributed by atoms with van der Waals surface area (Å²) in [6.45, 7) is 16.7. The summed E-state index contributed by atoms with van der Waals surface area (Å²) in [5.74, 6) is 0.915. The third kappa shape index (κ3) is 6.23. The molecule has 2 nitrogen and oxygen atoms in total. The zero-order chi connectivity index (χ0) is 13.0. The predicted molar refractivity (Wildman–Crippen MR) is 75.9 cm³/mol. The monoisotopic (exact) mass is 222 g/mol. The van der Waals surface area contributed by atoms with Gasteiger partial charge in [0.05, 0.1) is 0 Å². The molecular formula is C14H26N2. The summed E-state index contributed by atoms with van der Waals surface area (Å²) in [6.07, 6.45) is 3.67. The Labute approximate surface area is 101 Å². The Morgan fingerprint density at radius 1 is 1.31 bits per heavy atom. The molecule has 0 aliphatic rings. The van der Waals surface area contributed by atoms with Gasteiger partial charge in [-0.05, 0) is 25.5 Å². The van der Waals surface area contributed by atoms with Crippen molar-refractivity contribution in [1.29, 1.82) is 0 Å². The fourth-order valence-electron chi connectivity index (χ4n) is 1.06. The van der Waals surface area contributed by atoms with Gasteiger partial charge in [-0.3, -0.25) is 0 Å². The second-order valence-corrected chi connectivity index (χ2v) is 2.68. The molecule has 1 aromatic rings. The highest BCUT2D eigenvalue weighted by Gasteiger charge is 1.98. The number of nitrogens with zero attached hydrogens (tertiary/aromatic N) is 1. The van der Waals surface area contributed by atoms with Gasteiger partial charge < -0.3 is 5.32 Å². The lowest BCUT2D eigenvalue weighted by molar-refractivity contribution is 1.14. The molecule has 0 unspecified atom stereocenters. The molecule has 0 saturated heterocycles. The van der Waals surface area contributed by atoms with E-state index in [0.29, 0.717) is 0 Å². The molecule has 0 bridgehead atoms. The van der Waals surface area contributed by atoms with Crippen LogP contribution in [0.15, 0.2) is 18.8 Å². The normalized spacial score (nSPS) is 7.88. The first-order valence-electron chi connectivity index (χ1n) is 6.11. The average molecular weight is 222 g/mol. The van der Waals surface area contributed by atoms with E-state index in [4.69, 9.17) is 0 Å². The number of nitrogens with one attached hydrogen (secondary N) is 1. The molecule has 1 heterocycles. The maximum absolute atomic E-state index is 4.26. The number of hydrogen-bond acceptors (Lipinski definition) is 2. The fourth-order valence-corrected chi connectivity index (χ4v) is 1.06. The molecule has 92 valence electrons. The van der Waals surface area contributed by atoms with Gasteiger partial charge in [0, 0.05) is 18.3 Å². The first-order valence-corrected chi connectivity index (χ1v) is 6.11. The van der Waals surface area contributed by atoms with E-state index in [9.17, 15) is 0 Å². The second kappa shape index (κ2) is 11.8. The number of aromatic nitrogens is 1. The highest BCUT2D eigenvalue weighted by Crippen LogP contribution is 2.14. The van der Waals surface area contributed by atoms with Crippen molar-refractivity contribution in [2.45, 2.75) is 41.5 Å². The van der Waals surface area contributed by atoms with E-state index < -0.39 is 0 Å². The van der Waals surface area contributed by atoms with Crippen LogP contribution in [0, 0.1) is 6.92 Å². The van der Waals surface area contributed by atoms with Crippen LogP contribution in [-0.2, 0) is 0 Å². The van der Waals surface area contributed by atoms with Gasteiger partial charge in [0.1, 0.15) is 5.82 Å². The molecule has 1 aromatic heterocycles. The van der Waals surface area contributed by atoms with Crippen LogP contribution in [0.4, 0.5) is 5.82 Å². The third-order valence-electron chi connectivity index (χ3n) is 1.62. The van der Waals surface area contributed by atoms with E-state index in [-0.39, 0.29) is 0 Å². The van der Waals surface area contributed by atoms with Crippen LogP contribution >= 0.6 is 0 Å². The minimum Gasteiger partial charge on any atom is -0.370 e. The van der Waals surface area contributed by atoms with Crippen molar-refractivity contribution in [3.05, 3.63) is 30.0 Å². The van der Waals surface area contributed by atoms with E-state index in [0.717, 1.165) is 23.5 Å². The van der Waals surface area contributed by atoms with Gasteiger partial charge >= 0.3 is 0 Å². The van der Waals surface area contributed by atoms with Crippen LogP contribution < -0.4 is 5.32 Å². The highest BCUT2D eigenvalue weighted by atomic mass is 15.0. The molecule has 1 N–H and O–H groups in total. The Morgan fingerprint density at radius 3 is 2.31 bits per heavy atom. The van der Waals surface area contributed by atoms with E-state index in [1.165, 1.54) is 0 Å². The quantitative estimate of drug-likeness (QED) is 0.813. The molecular weight excluding hydrogens is 196 g/mol. The highest BCUT2D eigenvalue weighted by molar-refractivity contribution is 5.62. The minimum atomic E-state index is 0.886. The molecule has 0 aliphatic heterocycles. The second-order valence-electron chi connectivity index (χ2n) is 2.68. The van der Waals surface area contributed by atoms with Gasteiger partial charge in [-0.2, -0.15) is 0 Å². The molecule has 16 heavy (non-hydrogen) atoms. The van der Waals surface area contributed by atoms with Crippen LogP contribution in [0.2, 0.25) is 0 Å². The summed E-state index contributed by atoms with van der Waals surface area (Å²) in [5, 5.41) is 3.17. The maximum atomic E-state index is 4.26. The fraction of sp³-hybridized carbons (Fsp3) is 0.500. The lowest BCUT2D eigenvalue weighted by atomic mass is 10.2. The van der Waals surface area contributed by atoms with Gasteiger partial charge in [0.25, 0.3) is 0 Å². The van der Waals surface area contributed by atoms with Crippen LogP contribution in [0.3, 0.4) is 0 Å². The van der Waals surface area contributed by atoms with Gasteiger partial charge in [0.2, 0.25) is 0 Å². The van der Waals surface area contributed by atoms with Crippen molar-refractivity contribution in [3.8, 4) is 0 Å². The molecule has 0 aromatic carbocycles. The molecule has 2 heteroatoms. The van der Waals surface area contributed by atoms with E-state index in [2.05, 4.69) is 29.9 Å². The van der Waals surface area contributed by atoms with Gasteiger partial charge in [-0.25, -0.2) is 4.98 Å². The minimum absolute atomic E-state index is 0.886. The number of pyridine rings is 1. The molecule has 0 aliphatic carbocycles. The topological polar surface area (TPSA) is 24.9 Å². The largest absolute Gasteiger partial charge is 0.370 e. The van der Waals surface area contributed by atoms with Crippen molar-refractivity contribution in [2.24, 2.45) is 0 Å². The predicted octanol–water partition coefficient (Wildman–Crippen LogP) is 4.52.